The monoisotopic (exact) mass is 413 g/mol. The maximum Gasteiger partial charge on any atom is 0.0777 e. The standard InChI is InChI=1S/C24H27N7/c1-16(26)24-21-8-5-18(19-14-28-30(2)15-19)13-22(21)23(10-12-31(24)27)29-20-6-3-17(4-7-20)9-11-25/h3-8,13-15,23,29H,9-10,12,26-27H2,1-2H3/b24-16-. The third-order valence-electron chi connectivity index (χ3n) is 5.62. The van der Waals surface area contributed by atoms with E-state index < -0.39 is 0 Å². The van der Waals surface area contributed by atoms with Crippen molar-refractivity contribution >= 4 is 11.4 Å². The third kappa shape index (κ3) is 4.25. The molecule has 3 aromatic rings. The van der Waals surface area contributed by atoms with E-state index in [1.54, 1.807) is 9.69 Å². The molecule has 5 N–H and O–H groups in total. The van der Waals surface area contributed by atoms with Gasteiger partial charge in [0.05, 0.1) is 30.4 Å². The first kappa shape index (κ1) is 20.5. The van der Waals surface area contributed by atoms with Crippen LogP contribution in [-0.4, -0.2) is 21.3 Å². The second-order valence-corrected chi connectivity index (χ2v) is 7.95. The molecule has 7 heteroatoms. The molecule has 0 saturated carbocycles. The topological polar surface area (TPSA) is 109 Å². The van der Waals surface area contributed by atoms with Gasteiger partial charge in [-0.3, -0.25) is 4.68 Å². The fourth-order valence-corrected chi connectivity index (χ4v) is 4.11. The van der Waals surface area contributed by atoms with Crippen LogP contribution in [0.25, 0.3) is 16.8 Å². The Morgan fingerprint density at radius 2 is 2.00 bits per heavy atom. The molecule has 0 amide bonds. The van der Waals surface area contributed by atoms with Gasteiger partial charge < -0.3 is 16.1 Å². The molecular formula is C24H27N7. The van der Waals surface area contributed by atoms with Crippen LogP contribution in [-0.2, 0) is 13.5 Å². The normalized spacial score (nSPS) is 17.5. The molecular weight excluding hydrogens is 386 g/mol. The summed E-state index contributed by atoms with van der Waals surface area (Å²) in [6.45, 7) is 2.56. The molecule has 0 aliphatic carbocycles. The number of nitriles is 1. The van der Waals surface area contributed by atoms with E-state index in [9.17, 15) is 0 Å². The summed E-state index contributed by atoms with van der Waals surface area (Å²) in [6.07, 6.45) is 5.10. The Kier molecular flexibility index (Phi) is 5.65. The molecule has 0 spiro atoms. The third-order valence-corrected chi connectivity index (χ3v) is 5.62. The Morgan fingerprint density at radius 1 is 1.23 bits per heavy atom. The first-order valence-corrected chi connectivity index (χ1v) is 10.3. The number of aryl methyl sites for hydroxylation is 1. The Labute approximate surface area is 182 Å². The van der Waals surface area contributed by atoms with Crippen molar-refractivity contribution in [1.29, 1.82) is 5.26 Å². The number of hydrogen-bond acceptors (Lipinski definition) is 6. The number of allylic oxidation sites excluding steroid dienone is 1. The predicted molar refractivity (Wildman–Crippen MR) is 123 cm³/mol. The summed E-state index contributed by atoms with van der Waals surface area (Å²) < 4.78 is 1.80. The molecule has 0 radical (unpaired) electrons. The Balaban J connectivity index is 1.76. The van der Waals surface area contributed by atoms with E-state index in [-0.39, 0.29) is 6.04 Å². The van der Waals surface area contributed by atoms with Gasteiger partial charge in [-0.1, -0.05) is 24.3 Å². The number of hydrazine groups is 1. The molecule has 0 fully saturated rings. The first-order chi connectivity index (χ1) is 15.0. The van der Waals surface area contributed by atoms with E-state index in [0.717, 1.165) is 45.6 Å². The average molecular weight is 414 g/mol. The van der Waals surface area contributed by atoms with Gasteiger partial charge in [-0.15, -0.1) is 0 Å². The molecule has 2 aromatic carbocycles. The molecule has 1 atom stereocenters. The summed E-state index contributed by atoms with van der Waals surface area (Å²) in [7, 11) is 1.91. The van der Waals surface area contributed by atoms with Crippen LogP contribution in [0.3, 0.4) is 0 Å². The lowest BCUT2D eigenvalue weighted by atomic mass is 9.93. The van der Waals surface area contributed by atoms with Gasteiger partial charge in [-0.05, 0) is 48.2 Å². The van der Waals surface area contributed by atoms with Crippen molar-refractivity contribution in [3.8, 4) is 17.2 Å². The summed E-state index contributed by atoms with van der Waals surface area (Å²) >= 11 is 0. The average Bonchev–Trinajstić information content (AvgIpc) is 3.13. The zero-order valence-electron chi connectivity index (χ0n) is 17.8. The summed E-state index contributed by atoms with van der Waals surface area (Å²) in [5.41, 5.74) is 14.1. The van der Waals surface area contributed by atoms with E-state index in [1.165, 1.54) is 0 Å². The van der Waals surface area contributed by atoms with Crippen molar-refractivity contribution in [1.82, 2.24) is 14.8 Å². The fourth-order valence-electron chi connectivity index (χ4n) is 4.11. The number of benzene rings is 2. The number of hydrogen-bond donors (Lipinski definition) is 3. The minimum atomic E-state index is 0.0522. The minimum absolute atomic E-state index is 0.0522. The highest BCUT2D eigenvalue weighted by molar-refractivity contribution is 5.74. The Bertz CT molecular complexity index is 1150. The zero-order valence-corrected chi connectivity index (χ0v) is 17.8. The number of nitrogens with zero attached hydrogens (tertiary/aromatic N) is 4. The van der Waals surface area contributed by atoms with Crippen LogP contribution in [0, 0.1) is 11.3 Å². The van der Waals surface area contributed by atoms with E-state index in [4.69, 9.17) is 16.8 Å². The number of nitrogens with two attached hydrogens (primary N) is 2. The molecule has 7 nitrogen and oxygen atoms in total. The number of nitrogens with one attached hydrogen (secondary N) is 1. The zero-order chi connectivity index (χ0) is 22.0. The van der Waals surface area contributed by atoms with E-state index in [1.807, 2.05) is 50.6 Å². The molecule has 1 unspecified atom stereocenters. The van der Waals surface area contributed by atoms with E-state index >= 15 is 0 Å². The molecule has 4 rings (SSSR count). The SMILES string of the molecule is C/C(N)=C1\c2ccc(-c3cnn(C)c3)cc2C(Nc2ccc(CC#N)cc2)CCN1N. The summed E-state index contributed by atoms with van der Waals surface area (Å²) in [6, 6.07) is 16.6. The van der Waals surface area contributed by atoms with Gasteiger partial charge in [0, 0.05) is 42.3 Å². The highest BCUT2D eigenvalue weighted by atomic mass is 15.4. The minimum Gasteiger partial charge on any atom is -0.401 e. The van der Waals surface area contributed by atoms with Crippen LogP contribution in [0.2, 0.25) is 0 Å². The van der Waals surface area contributed by atoms with Gasteiger partial charge in [-0.2, -0.15) is 10.4 Å². The summed E-state index contributed by atoms with van der Waals surface area (Å²) in [4.78, 5) is 0. The molecule has 31 heavy (non-hydrogen) atoms. The largest absolute Gasteiger partial charge is 0.401 e. The number of rotatable bonds is 4. The van der Waals surface area contributed by atoms with Crippen molar-refractivity contribution in [2.24, 2.45) is 18.6 Å². The maximum absolute atomic E-state index is 8.90. The van der Waals surface area contributed by atoms with Crippen LogP contribution in [0.15, 0.2) is 60.6 Å². The van der Waals surface area contributed by atoms with Crippen molar-refractivity contribution in [2.75, 3.05) is 11.9 Å². The quantitative estimate of drug-likeness (QED) is 0.565. The Hall–Kier alpha value is -3.76. The van der Waals surface area contributed by atoms with Crippen LogP contribution in [0.4, 0.5) is 5.69 Å². The predicted octanol–water partition coefficient (Wildman–Crippen LogP) is 3.53. The van der Waals surface area contributed by atoms with Crippen molar-refractivity contribution in [2.45, 2.75) is 25.8 Å². The van der Waals surface area contributed by atoms with Crippen molar-refractivity contribution in [3.05, 3.63) is 77.2 Å². The van der Waals surface area contributed by atoms with Gasteiger partial charge in [0.2, 0.25) is 0 Å². The lowest BCUT2D eigenvalue weighted by molar-refractivity contribution is 0.402. The lowest BCUT2D eigenvalue weighted by Gasteiger charge is -2.22. The van der Waals surface area contributed by atoms with Crippen LogP contribution < -0.4 is 16.9 Å². The van der Waals surface area contributed by atoms with Gasteiger partial charge in [0.1, 0.15) is 0 Å². The maximum atomic E-state index is 8.90. The molecule has 1 aliphatic rings. The van der Waals surface area contributed by atoms with Crippen LogP contribution in [0.5, 0.6) is 0 Å². The van der Waals surface area contributed by atoms with E-state index in [2.05, 4.69) is 34.7 Å². The number of fused-ring (bicyclic) bond motifs is 1. The second kappa shape index (κ2) is 8.54. The van der Waals surface area contributed by atoms with E-state index in [0.29, 0.717) is 18.7 Å². The van der Waals surface area contributed by atoms with Crippen LogP contribution >= 0.6 is 0 Å². The first-order valence-electron chi connectivity index (χ1n) is 10.3. The van der Waals surface area contributed by atoms with Gasteiger partial charge >= 0.3 is 0 Å². The van der Waals surface area contributed by atoms with Gasteiger partial charge in [0.25, 0.3) is 0 Å². The van der Waals surface area contributed by atoms with Gasteiger partial charge in [-0.25, -0.2) is 5.84 Å². The van der Waals surface area contributed by atoms with Crippen LogP contribution in [0.1, 0.15) is 36.1 Å². The van der Waals surface area contributed by atoms with Crippen molar-refractivity contribution in [3.63, 3.8) is 0 Å². The summed E-state index contributed by atoms with van der Waals surface area (Å²) in [5.74, 6) is 6.38. The number of aromatic nitrogens is 2. The molecule has 158 valence electrons. The number of anilines is 1. The molecule has 1 aliphatic heterocycles. The Morgan fingerprint density at radius 3 is 2.65 bits per heavy atom. The second-order valence-electron chi connectivity index (χ2n) is 7.95. The highest BCUT2D eigenvalue weighted by Crippen LogP contribution is 2.37. The smallest absolute Gasteiger partial charge is 0.0777 e. The molecule has 0 bridgehead atoms. The highest BCUT2D eigenvalue weighted by Gasteiger charge is 2.26. The lowest BCUT2D eigenvalue weighted by Crippen LogP contribution is -2.31. The fraction of sp³-hybridized carbons (Fsp3) is 0.250. The molecule has 1 aromatic heterocycles. The van der Waals surface area contributed by atoms with Gasteiger partial charge in [0.15, 0.2) is 0 Å². The molecule has 2 heterocycles. The summed E-state index contributed by atoms with van der Waals surface area (Å²) in [5, 5.41) is 18.6. The molecule has 0 saturated heterocycles. The van der Waals surface area contributed by atoms with Crippen molar-refractivity contribution < 1.29 is 0 Å².